The number of unbranched alkanes of at least 4 members (excludes halogenated alkanes) is 23. The molecule has 1 saturated carbocycles. The maximum absolute atomic E-state index is 12.8. The fourth-order valence-electron chi connectivity index (χ4n) is 14.6. The second-order valence-corrected chi connectivity index (χ2v) is 36.2. The maximum Gasteiger partial charge on any atom is 0.246 e. The molecule has 1 fully saturated rings. The highest BCUT2D eigenvalue weighted by molar-refractivity contribution is 7.96. The Hall–Kier alpha value is -6.89. The molecule has 1 unspecified atom stereocenters. The van der Waals surface area contributed by atoms with Gasteiger partial charge in [0.25, 0.3) is 0 Å². The molecule has 14 nitrogen and oxygen atoms in total. The zero-order valence-corrected chi connectivity index (χ0v) is 64.8. The quantitative estimate of drug-likeness (QED) is 0.00943. The highest BCUT2D eigenvalue weighted by atomic mass is 31.2. The van der Waals surface area contributed by atoms with Crippen LogP contribution in [0, 0.1) is 0 Å². The summed E-state index contributed by atoms with van der Waals surface area (Å²) in [5, 5.41) is 46.5. The Labute approximate surface area is 625 Å². The molecule has 6 N–H and O–H groups in total. The van der Waals surface area contributed by atoms with Gasteiger partial charge in [-0.2, -0.15) is 0 Å². The average molecular weight is 1460 g/mol. The van der Waals surface area contributed by atoms with Gasteiger partial charge in [0.15, 0.2) is 0 Å². The van der Waals surface area contributed by atoms with Crippen LogP contribution in [-0.4, -0.2) is 118 Å². The summed E-state index contributed by atoms with van der Waals surface area (Å²) in [7, 11) is -3.57. The summed E-state index contributed by atoms with van der Waals surface area (Å²) in [6.07, 6.45) is 39.2. The van der Waals surface area contributed by atoms with Crippen molar-refractivity contribution >= 4 is 75.9 Å². The number of hydroxylamine groups is 6. The van der Waals surface area contributed by atoms with Gasteiger partial charge in [-0.1, -0.05) is 186 Å². The van der Waals surface area contributed by atoms with Gasteiger partial charge in [0.05, 0.1) is 32.0 Å². The van der Waals surface area contributed by atoms with E-state index in [0.29, 0.717) is 55.2 Å². The van der Waals surface area contributed by atoms with Crippen molar-refractivity contribution < 1.29 is 44.5 Å². The maximum atomic E-state index is 12.8. The molecule has 6 aromatic rings. The van der Waals surface area contributed by atoms with E-state index in [4.69, 9.17) is 0 Å². The second kappa shape index (κ2) is 49.8. The van der Waals surface area contributed by atoms with E-state index in [9.17, 15) is 39.6 Å². The van der Waals surface area contributed by atoms with Crippen LogP contribution in [0.25, 0.3) is 0 Å². The Morgan fingerprint density at radius 1 is 0.385 bits per heavy atom. The fourth-order valence-corrected chi connectivity index (χ4v) is 23.4. The van der Waals surface area contributed by atoms with Crippen LogP contribution in [0.15, 0.2) is 188 Å². The SMILES string of the molecule is CC(=O)N(O)CCCCCNC(=O)CCC(=O)N(O)CCCC=CNC(=O)CCC(=O)N(O)CCCCC[NH+](CCCCCCCCCCCC[P+](c1ccccc1)(c1ccccc1)c1ccccc1)CCCCCCCCCCCC[P+](c1ccccc1)(c1ccccc1)c1ccc(C2CC2)cc1. The van der Waals surface area contributed by atoms with Crippen LogP contribution in [-0.2, 0) is 24.0 Å². The van der Waals surface area contributed by atoms with Crippen molar-refractivity contribution in [3.63, 3.8) is 0 Å². The van der Waals surface area contributed by atoms with Crippen LogP contribution in [0.5, 0.6) is 0 Å². The highest BCUT2D eigenvalue weighted by Gasteiger charge is 2.46. The Kier molecular flexibility index (Phi) is 40.4. The minimum absolute atomic E-state index is 0.0575. The predicted molar refractivity (Wildman–Crippen MR) is 432 cm³/mol. The van der Waals surface area contributed by atoms with Gasteiger partial charge in [-0.15, -0.1) is 0 Å². The van der Waals surface area contributed by atoms with Crippen molar-refractivity contribution in [2.24, 2.45) is 0 Å². The molecular formula is C88H127N6O8P2+3. The van der Waals surface area contributed by atoms with Crippen molar-refractivity contribution in [3.8, 4) is 0 Å². The first-order valence-electron chi connectivity index (χ1n) is 40.1. The first kappa shape index (κ1) is 84.4. The van der Waals surface area contributed by atoms with Gasteiger partial charge in [-0.3, -0.25) is 39.6 Å². The number of nitrogens with one attached hydrogen (secondary N) is 3. The fraction of sp³-hybridized carbons (Fsp3) is 0.511. The third-order valence-corrected chi connectivity index (χ3v) is 29.9. The minimum atomic E-state index is -1.80. The summed E-state index contributed by atoms with van der Waals surface area (Å²) in [6.45, 7) is 5.71. The molecular weight excluding hydrogens is 1330 g/mol. The number of nitrogens with zero attached hydrogens (tertiary/aromatic N) is 3. The monoisotopic (exact) mass is 1460 g/mol. The number of rotatable bonds is 56. The molecule has 0 aliphatic heterocycles. The van der Waals surface area contributed by atoms with Gasteiger partial charge in [0.1, 0.15) is 46.4 Å². The molecule has 1 aliphatic carbocycles. The lowest BCUT2D eigenvalue weighted by molar-refractivity contribution is -0.900. The molecule has 1 atom stereocenters. The number of benzene rings is 6. The van der Waals surface area contributed by atoms with Crippen LogP contribution >= 0.6 is 14.5 Å². The topological polar surface area (TPSA) is 184 Å². The number of amides is 5. The third kappa shape index (κ3) is 30.5. The van der Waals surface area contributed by atoms with Crippen LogP contribution in [0.1, 0.15) is 237 Å². The smallest absolute Gasteiger partial charge is 0.246 e. The summed E-state index contributed by atoms with van der Waals surface area (Å²) in [5.41, 5.74) is 1.51. The molecule has 0 spiro atoms. The minimum Gasteiger partial charge on any atom is -0.356 e. The van der Waals surface area contributed by atoms with Crippen LogP contribution in [0.3, 0.4) is 0 Å². The zero-order valence-electron chi connectivity index (χ0n) is 63.0. The molecule has 16 heteroatoms. The van der Waals surface area contributed by atoms with E-state index in [0.717, 1.165) is 30.4 Å². The number of hydrogen-bond donors (Lipinski definition) is 6. The molecule has 0 bridgehead atoms. The molecule has 104 heavy (non-hydrogen) atoms. The van der Waals surface area contributed by atoms with E-state index < -0.39 is 32.2 Å². The zero-order chi connectivity index (χ0) is 73.6. The van der Waals surface area contributed by atoms with Gasteiger partial charge < -0.3 is 15.5 Å². The Balaban J connectivity index is 0.761. The lowest BCUT2D eigenvalue weighted by Gasteiger charge is -2.28. The van der Waals surface area contributed by atoms with E-state index in [1.165, 1.54) is 217 Å². The molecule has 0 saturated heterocycles. The van der Waals surface area contributed by atoms with E-state index >= 15 is 0 Å². The van der Waals surface area contributed by atoms with Crippen LogP contribution in [0.4, 0.5) is 0 Å². The first-order valence-corrected chi connectivity index (χ1v) is 44.0. The molecule has 7 rings (SSSR count). The van der Waals surface area contributed by atoms with Crippen molar-refractivity contribution in [2.45, 2.75) is 231 Å². The lowest BCUT2D eigenvalue weighted by Crippen LogP contribution is -3.12. The Morgan fingerprint density at radius 3 is 1.10 bits per heavy atom. The molecule has 0 radical (unpaired) electrons. The lowest BCUT2D eigenvalue weighted by atomic mass is 10.1. The summed E-state index contributed by atoms with van der Waals surface area (Å²) in [5.74, 6) is -1.36. The molecule has 6 aromatic carbocycles. The van der Waals surface area contributed by atoms with E-state index in [1.54, 1.807) is 11.0 Å². The van der Waals surface area contributed by atoms with E-state index in [-0.39, 0.29) is 57.1 Å². The van der Waals surface area contributed by atoms with E-state index in [2.05, 4.69) is 187 Å². The highest BCUT2D eigenvalue weighted by Crippen LogP contribution is 2.57. The Morgan fingerprint density at radius 2 is 0.712 bits per heavy atom. The largest absolute Gasteiger partial charge is 0.356 e. The summed E-state index contributed by atoms with van der Waals surface area (Å²) >= 11 is 0. The van der Waals surface area contributed by atoms with Gasteiger partial charge in [0.2, 0.25) is 29.5 Å². The number of carbonyl (C=O) groups is 5. The molecule has 0 heterocycles. The normalized spacial score (nSPS) is 12.7. The summed E-state index contributed by atoms with van der Waals surface area (Å²) in [6, 6.07) is 66.5. The molecule has 5 amide bonds. The number of allylic oxidation sites excluding steroid dienone is 1. The second-order valence-electron chi connectivity index (χ2n) is 28.9. The van der Waals surface area contributed by atoms with Gasteiger partial charge in [-0.25, -0.2) is 15.2 Å². The van der Waals surface area contributed by atoms with Crippen molar-refractivity contribution in [1.29, 1.82) is 0 Å². The van der Waals surface area contributed by atoms with Crippen molar-refractivity contribution in [2.75, 3.05) is 58.1 Å². The van der Waals surface area contributed by atoms with Crippen LogP contribution < -0.4 is 47.4 Å². The van der Waals surface area contributed by atoms with Gasteiger partial charge >= 0.3 is 0 Å². The standard InChI is InChI=1S/C88H124N6O8P2/c1-76(95)92(100)71-41-23-36-66-89-85(96)62-64-87(98)93(101)72-42-24-37-67-90-86(97)63-65-88(99)94(102)73-43-25-40-70-91(68-38-14-10-6-2-4-8-12-16-44-74-103(79-46-26-18-27-47-79,80-48-28-19-29-49-80)81-50-30-20-31-51-81)69-39-15-11-7-3-5-9-13-17-45-75-104(82-52-32-21-33-53-82,83-54-34-22-35-55-83)84-60-58-78(59-61-84)77-56-57-77/h18-22,26-35,37,46-55,58-61,67,77,100-102H,2-17,23-25,36,38-45,56-57,62-66,68-75H2,1H3/p+3. The summed E-state index contributed by atoms with van der Waals surface area (Å²) in [4.78, 5) is 62.6. The average Bonchev–Trinajstić information content (AvgIpc) is 0.916. The third-order valence-electron chi connectivity index (χ3n) is 20.9. The van der Waals surface area contributed by atoms with Crippen LogP contribution in [0.2, 0.25) is 0 Å². The van der Waals surface area contributed by atoms with Crippen molar-refractivity contribution in [1.82, 2.24) is 25.8 Å². The van der Waals surface area contributed by atoms with E-state index in [1.807, 2.05) is 0 Å². The summed E-state index contributed by atoms with van der Waals surface area (Å²) < 4.78 is 0. The Bertz CT molecular complexity index is 3210. The first-order chi connectivity index (χ1) is 50.9. The molecule has 1 aliphatic rings. The number of carbonyl (C=O) groups excluding carboxylic acids is 5. The number of hydrogen-bond acceptors (Lipinski definition) is 8. The van der Waals surface area contributed by atoms with Gasteiger partial charge in [-0.05, 0) is 206 Å². The number of quaternary nitrogens is 1. The molecule has 0 aromatic heterocycles. The molecule has 564 valence electrons. The predicted octanol–water partition coefficient (Wildman–Crippen LogP) is 15.6. The van der Waals surface area contributed by atoms with Gasteiger partial charge in [0, 0.05) is 58.8 Å². The van der Waals surface area contributed by atoms with Crippen molar-refractivity contribution in [3.05, 3.63) is 194 Å².